The summed E-state index contributed by atoms with van der Waals surface area (Å²) in [6.45, 7) is 1.62. The Hall–Kier alpha value is -3.48. The number of amides is 4. The molecule has 170 valence electrons. The van der Waals surface area contributed by atoms with Crippen LogP contribution in [-0.4, -0.2) is 80.3 Å². The third kappa shape index (κ3) is 6.50. The summed E-state index contributed by atoms with van der Waals surface area (Å²) in [6, 6.07) is -4.37. The molecule has 0 spiro atoms. The summed E-state index contributed by atoms with van der Waals surface area (Å²) in [7, 11) is 0. The first-order valence-electron chi connectivity index (χ1n) is 9.75. The van der Waals surface area contributed by atoms with Gasteiger partial charge in [0.1, 0.15) is 18.1 Å². The average Bonchev–Trinajstić information content (AvgIpc) is 3.37. The van der Waals surface area contributed by atoms with E-state index < -0.39 is 60.2 Å². The maximum atomic E-state index is 13.0. The number of nitrogens with two attached hydrogens (primary N) is 2. The van der Waals surface area contributed by atoms with Gasteiger partial charge in [-0.2, -0.15) is 0 Å². The summed E-state index contributed by atoms with van der Waals surface area (Å²) < 4.78 is 0. The molecule has 1 aromatic rings. The Labute approximate surface area is 177 Å². The molecular weight excluding hydrogens is 410 g/mol. The molecule has 1 fully saturated rings. The second-order valence-corrected chi connectivity index (χ2v) is 7.39. The van der Waals surface area contributed by atoms with Gasteiger partial charge in [0.25, 0.3) is 0 Å². The van der Waals surface area contributed by atoms with Gasteiger partial charge in [0.05, 0.1) is 18.8 Å². The number of nitrogens with zero attached hydrogens (tertiary/aromatic N) is 2. The lowest BCUT2D eigenvalue weighted by molar-refractivity contribution is -0.145. The van der Waals surface area contributed by atoms with Crippen LogP contribution in [0, 0.1) is 0 Å². The maximum absolute atomic E-state index is 13.0. The van der Waals surface area contributed by atoms with Gasteiger partial charge in [-0.3, -0.25) is 19.2 Å². The molecule has 1 aliphatic heterocycles. The number of imidazole rings is 1. The van der Waals surface area contributed by atoms with E-state index in [1.165, 1.54) is 24.3 Å². The molecule has 13 nitrogen and oxygen atoms in total. The van der Waals surface area contributed by atoms with Gasteiger partial charge in [0.15, 0.2) is 0 Å². The van der Waals surface area contributed by atoms with Crippen molar-refractivity contribution in [3.05, 3.63) is 18.2 Å². The smallest absolute Gasteiger partial charge is 0.326 e. The van der Waals surface area contributed by atoms with Crippen LogP contribution in [0.4, 0.5) is 0 Å². The summed E-state index contributed by atoms with van der Waals surface area (Å²) in [4.78, 5) is 68.4. The molecule has 0 aromatic carbocycles. The van der Waals surface area contributed by atoms with Crippen molar-refractivity contribution in [3.8, 4) is 0 Å². The molecule has 31 heavy (non-hydrogen) atoms. The lowest BCUT2D eigenvalue weighted by atomic mass is 10.1. The first-order valence-corrected chi connectivity index (χ1v) is 9.75. The van der Waals surface area contributed by atoms with Gasteiger partial charge in [0.2, 0.25) is 23.6 Å². The molecule has 1 aliphatic rings. The predicted molar refractivity (Wildman–Crippen MR) is 106 cm³/mol. The zero-order chi connectivity index (χ0) is 23.1. The maximum Gasteiger partial charge on any atom is 0.326 e. The number of likely N-dealkylation sites (tertiary alicyclic amines) is 1. The van der Waals surface area contributed by atoms with Gasteiger partial charge in [-0.05, 0) is 19.8 Å². The van der Waals surface area contributed by atoms with E-state index in [-0.39, 0.29) is 13.0 Å². The van der Waals surface area contributed by atoms with Crippen molar-refractivity contribution in [1.82, 2.24) is 25.5 Å². The summed E-state index contributed by atoms with van der Waals surface area (Å²) in [5.74, 6) is -4.01. The van der Waals surface area contributed by atoms with Crippen LogP contribution in [-0.2, 0) is 30.4 Å². The zero-order valence-electron chi connectivity index (χ0n) is 17.0. The standard InChI is InChI=1S/C18H27N7O6/c1-9(19)15(27)23-11(6-14(20)26)17(29)25-4-2-3-13(25)16(28)24-12(18(30)31)5-10-7-21-8-22-10/h7-9,11-13H,2-6,19H2,1H3,(H2,20,26)(H,21,22)(H,23,27)(H,24,28)(H,30,31). The number of hydrogen-bond donors (Lipinski definition) is 6. The van der Waals surface area contributed by atoms with Gasteiger partial charge in [-0.1, -0.05) is 0 Å². The fraction of sp³-hybridized carbons (Fsp3) is 0.556. The number of H-pyrrole nitrogens is 1. The van der Waals surface area contributed by atoms with Crippen LogP contribution in [0.2, 0.25) is 0 Å². The first-order chi connectivity index (χ1) is 14.6. The molecule has 13 heteroatoms. The van der Waals surface area contributed by atoms with Crippen molar-refractivity contribution in [2.75, 3.05) is 6.54 Å². The number of rotatable bonds is 10. The van der Waals surface area contributed by atoms with Crippen molar-refractivity contribution in [2.45, 2.75) is 56.8 Å². The third-order valence-corrected chi connectivity index (χ3v) is 4.87. The highest BCUT2D eigenvalue weighted by Crippen LogP contribution is 2.20. The van der Waals surface area contributed by atoms with E-state index in [4.69, 9.17) is 11.5 Å². The minimum absolute atomic E-state index is 0.0174. The molecule has 1 saturated heterocycles. The van der Waals surface area contributed by atoms with Crippen molar-refractivity contribution in [2.24, 2.45) is 11.5 Å². The Balaban J connectivity index is 2.11. The Morgan fingerprint density at radius 3 is 2.55 bits per heavy atom. The Kier molecular flexibility index (Phi) is 8.07. The number of nitrogens with one attached hydrogen (secondary N) is 3. The van der Waals surface area contributed by atoms with Crippen LogP contribution in [0.15, 0.2) is 12.5 Å². The largest absolute Gasteiger partial charge is 0.480 e. The SMILES string of the molecule is CC(N)C(=O)NC(CC(N)=O)C(=O)N1CCCC1C(=O)NC(Cc1cnc[nH]1)C(=O)O. The quantitative estimate of drug-likeness (QED) is 0.225. The second kappa shape index (κ2) is 10.5. The molecule has 0 bridgehead atoms. The highest BCUT2D eigenvalue weighted by molar-refractivity contribution is 5.96. The fourth-order valence-corrected chi connectivity index (χ4v) is 3.29. The highest BCUT2D eigenvalue weighted by Gasteiger charge is 2.39. The van der Waals surface area contributed by atoms with E-state index in [0.29, 0.717) is 18.5 Å². The highest BCUT2D eigenvalue weighted by atomic mass is 16.4. The van der Waals surface area contributed by atoms with Crippen molar-refractivity contribution < 1.29 is 29.1 Å². The number of primary amides is 1. The monoisotopic (exact) mass is 437 g/mol. The van der Waals surface area contributed by atoms with Gasteiger partial charge in [0, 0.05) is 24.9 Å². The summed E-state index contributed by atoms with van der Waals surface area (Å²) in [5, 5.41) is 14.3. The number of carbonyl (C=O) groups is 5. The lowest BCUT2D eigenvalue weighted by Crippen LogP contribution is -2.57. The number of aromatic nitrogens is 2. The molecular formula is C18H27N7O6. The van der Waals surface area contributed by atoms with Crippen LogP contribution in [0.25, 0.3) is 0 Å². The van der Waals surface area contributed by atoms with E-state index in [1.807, 2.05) is 0 Å². The average molecular weight is 437 g/mol. The van der Waals surface area contributed by atoms with Crippen LogP contribution in [0.1, 0.15) is 31.9 Å². The van der Waals surface area contributed by atoms with Crippen molar-refractivity contribution >= 4 is 29.6 Å². The van der Waals surface area contributed by atoms with Crippen LogP contribution in [0.3, 0.4) is 0 Å². The van der Waals surface area contributed by atoms with Crippen molar-refractivity contribution in [3.63, 3.8) is 0 Å². The number of carboxylic acid groups (broad SMARTS) is 1. The van der Waals surface area contributed by atoms with Gasteiger partial charge in [-0.15, -0.1) is 0 Å². The van der Waals surface area contributed by atoms with Crippen molar-refractivity contribution in [1.29, 1.82) is 0 Å². The molecule has 8 N–H and O–H groups in total. The zero-order valence-corrected chi connectivity index (χ0v) is 17.0. The molecule has 0 aliphatic carbocycles. The Morgan fingerprint density at radius 1 is 1.29 bits per heavy atom. The van der Waals surface area contributed by atoms with Gasteiger partial charge in [-0.25, -0.2) is 9.78 Å². The van der Waals surface area contributed by atoms with Crippen LogP contribution in [0.5, 0.6) is 0 Å². The molecule has 4 atom stereocenters. The number of carbonyl (C=O) groups excluding carboxylic acids is 4. The lowest BCUT2D eigenvalue weighted by Gasteiger charge is -2.29. The van der Waals surface area contributed by atoms with E-state index in [0.717, 1.165) is 0 Å². The van der Waals surface area contributed by atoms with E-state index in [9.17, 15) is 29.1 Å². The molecule has 0 radical (unpaired) electrons. The number of carboxylic acids is 1. The second-order valence-electron chi connectivity index (χ2n) is 7.39. The molecule has 4 unspecified atom stereocenters. The first kappa shape index (κ1) is 23.8. The fourth-order valence-electron chi connectivity index (χ4n) is 3.29. The molecule has 4 amide bonds. The van der Waals surface area contributed by atoms with E-state index >= 15 is 0 Å². The summed E-state index contributed by atoms with van der Waals surface area (Å²) in [6.07, 6.45) is 3.16. The normalized spacial score (nSPS) is 18.6. The summed E-state index contributed by atoms with van der Waals surface area (Å²) in [5.41, 5.74) is 11.2. The number of hydrogen-bond acceptors (Lipinski definition) is 7. The van der Waals surface area contributed by atoms with E-state index in [2.05, 4.69) is 20.6 Å². The van der Waals surface area contributed by atoms with Crippen LogP contribution >= 0.6 is 0 Å². The number of aliphatic carboxylic acids is 1. The minimum Gasteiger partial charge on any atom is -0.480 e. The predicted octanol–water partition coefficient (Wildman–Crippen LogP) is -2.78. The minimum atomic E-state index is -1.27. The van der Waals surface area contributed by atoms with Gasteiger partial charge < -0.3 is 37.1 Å². The summed E-state index contributed by atoms with van der Waals surface area (Å²) >= 11 is 0. The number of aromatic amines is 1. The Morgan fingerprint density at radius 2 is 2.00 bits per heavy atom. The van der Waals surface area contributed by atoms with Gasteiger partial charge >= 0.3 is 5.97 Å². The molecule has 2 heterocycles. The molecule has 2 rings (SSSR count). The van der Waals surface area contributed by atoms with Crippen LogP contribution < -0.4 is 22.1 Å². The Bertz CT molecular complexity index is 825. The third-order valence-electron chi connectivity index (χ3n) is 4.87. The molecule has 0 saturated carbocycles. The molecule has 1 aromatic heterocycles. The topological polar surface area (TPSA) is 214 Å². The van der Waals surface area contributed by atoms with E-state index in [1.54, 1.807) is 0 Å².